The van der Waals surface area contributed by atoms with Crippen molar-refractivity contribution in [3.05, 3.63) is 82.0 Å². The summed E-state index contributed by atoms with van der Waals surface area (Å²) in [5.41, 5.74) is 14.0. The summed E-state index contributed by atoms with van der Waals surface area (Å²) in [5.74, 6) is -0.437. The molecule has 0 bridgehead atoms. The van der Waals surface area contributed by atoms with Gasteiger partial charge in [-0.05, 0) is 91.6 Å². The molecule has 0 saturated heterocycles. The van der Waals surface area contributed by atoms with E-state index in [4.69, 9.17) is 11.5 Å². The highest BCUT2D eigenvalue weighted by molar-refractivity contribution is 6.17. The largest absolute Gasteiger partial charge is 0.417 e. The van der Waals surface area contributed by atoms with Crippen LogP contribution in [-0.2, 0) is 22.2 Å². The molecule has 0 unspecified atom stereocenters. The second-order valence-corrected chi connectivity index (χ2v) is 13.0. The van der Waals surface area contributed by atoms with Gasteiger partial charge >= 0.3 is 11.9 Å². The summed E-state index contributed by atoms with van der Waals surface area (Å²) >= 11 is 0. The Kier molecular flexibility index (Phi) is 10.4. The highest BCUT2D eigenvalue weighted by Crippen LogP contribution is 2.40. The van der Waals surface area contributed by atoms with E-state index in [1.807, 2.05) is 13.8 Å². The predicted octanol–water partition coefficient (Wildman–Crippen LogP) is 6.16. The van der Waals surface area contributed by atoms with Crippen LogP contribution in [0, 0.1) is 11.8 Å². The van der Waals surface area contributed by atoms with Crippen LogP contribution in [-0.4, -0.2) is 44.3 Å². The molecule has 0 radical (unpaired) electrons. The van der Waals surface area contributed by atoms with E-state index in [0.717, 1.165) is 23.8 Å². The minimum Gasteiger partial charge on any atom is -0.342 e. The number of aromatic nitrogens is 4. The molecule has 1 aliphatic carbocycles. The van der Waals surface area contributed by atoms with Crippen molar-refractivity contribution in [3.8, 4) is 11.1 Å². The summed E-state index contributed by atoms with van der Waals surface area (Å²) in [6, 6.07) is 12.6. The van der Waals surface area contributed by atoms with Crippen molar-refractivity contribution in [1.29, 1.82) is 0 Å². The first-order chi connectivity index (χ1) is 22.8. The maximum absolute atomic E-state index is 14.2. The number of anilines is 1. The molecule has 2 amide bonds. The molecule has 2 aromatic heterocycles. The molecule has 10 nitrogen and oxygen atoms in total. The predicted molar refractivity (Wildman–Crippen MR) is 185 cm³/mol. The van der Waals surface area contributed by atoms with E-state index in [1.165, 1.54) is 6.07 Å². The third-order valence-electron chi connectivity index (χ3n) is 9.26. The molecule has 1 aliphatic rings. The van der Waals surface area contributed by atoms with Crippen LogP contribution >= 0.6 is 12.4 Å². The SMILES string of the molecule is CC(C)c1nc2cc(C(F)(F)F)c(-c3ccc(C[C@H](N)C(=O)N(c4ccc5[nH]c(=O)[nH]c5c4)C(=O)[C@H]4CC[C@H](CN)CC4)cc3)cc2[nH]1.Cl. The zero-order valence-electron chi connectivity index (χ0n) is 27.1. The first-order valence-corrected chi connectivity index (χ1v) is 16.1. The molecule has 0 aliphatic heterocycles. The van der Waals surface area contributed by atoms with Gasteiger partial charge in [-0.15, -0.1) is 12.4 Å². The van der Waals surface area contributed by atoms with Gasteiger partial charge < -0.3 is 26.4 Å². The maximum atomic E-state index is 14.2. The highest BCUT2D eigenvalue weighted by atomic mass is 35.5. The van der Waals surface area contributed by atoms with Crippen LogP contribution in [0.2, 0.25) is 0 Å². The fraction of sp³-hybridized carbons (Fsp3) is 0.371. The van der Waals surface area contributed by atoms with E-state index < -0.39 is 35.3 Å². The number of hydrogen-bond donors (Lipinski definition) is 5. The number of halogens is 4. The van der Waals surface area contributed by atoms with E-state index in [9.17, 15) is 27.6 Å². The number of nitrogens with zero attached hydrogens (tertiary/aromatic N) is 2. The lowest BCUT2D eigenvalue weighted by Crippen LogP contribution is -2.50. The van der Waals surface area contributed by atoms with Crippen LogP contribution in [0.3, 0.4) is 0 Å². The number of carbonyl (C=O) groups is 2. The number of rotatable bonds is 8. The molecular formula is C35H39ClF3N7O3. The van der Waals surface area contributed by atoms with Gasteiger partial charge in [0.2, 0.25) is 5.91 Å². The number of aromatic amines is 3. The third kappa shape index (κ3) is 7.43. The summed E-state index contributed by atoms with van der Waals surface area (Å²) in [6.45, 7) is 4.35. The van der Waals surface area contributed by atoms with Gasteiger partial charge in [0.05, 0.1) is 39.4 Å². The molecule has 1 atom stereocenters. The van der Waals surface area contributed by atoms with Crippen LogP contribution in [0.25, 0.3) is 33.2 Å². The van der Waals surface area contributed by atoms with Gasteiger partial charge in [0.25, 0.3) is 5.91 Å². The average molecular weight is 698 g/mol. The Morgan fingerprint density at radius 2 is 1.61 bits per heavy atom. The van der Waals surface area contributed by atoms with E-state index in [-0.39, 0.29) is 47.4 Å². The number of nitrogens with two attached hydrogens (primary N) is 2. The van der Waals surface area contributed by atoms with Gasteiger partial charge in [0, 0.05) is 11.8 Å². The number of carbonyl (C=O) groups excluding carboxylic acids is 2. The Bertz CT molecular complexity index is 2030. The zero-order chi connectivity index (χ0) is 34.3. The van der Waals surface area contributed by atoms with Crippen molar-refractivity contribution in [2.75, 3.05) is 11.4 Å². The summed E-state index contributed by atoms with van der Waals surface area (Å²) < 4.78 is 42.5. The number of fused-ring (bicyclic) bond motifs is 2. The monoisotopic (exact) mass is 697 g/mol. The van der Waals surface area contributed by atoms with E-state index in [0.29, 0.717) is 58.8 Å². The van der Waals surface area contributed by atoms with E-state index >= 15 is 0 Å². The molecule has 1 fully saturated rings. The number of hydrogen-bond acceptors (Lipinski definition) is 6. The van der Waals surface area contributed by atoms with Crippen molar-refractivity contribution in [2.24, 2.45) is 23.3 Å². The van der Waals surface area contributed by atoms with Gasteiger partial charge in [0.15, 0.2) is 0 Å². The Balaban J connectivity index is 0.00000468. The maximum Gasteiger partial charge on any atom is 0.417 e. The van der Waals surface area contributed by atoms with Crippen molar-refractivity contribution in [3.63, 3.8) is 0 Å². The summed E-state index contributed by atoms with van der Waals surface area (Å²) in [7, 11) is 0. The number of nitrogens with one attached hydrogen (secondary N) is 3. The van der Waals surface area contributed by atoms with E-state index in [1.54, 1.807) is 42.5 Å². The molecule has 3 aromatic carbocycles. The Morgan fingerprint density at radius 1 is 0.939 bits per heavy atom. The highest BCUT2D eigenvalue weighted by Gasteiger charge is 2.36. The standard InChI is InChI=1S/C35H38F3N7O3.ClH/c1-18(2)31-41-29-15-24(25(35(36,37)38)16-30(29)42-31)21-7-3-19(4-8-21)13-26(40)33(47)45(32(46)22-9-5-20(17-39)6-10-22)23-11-12-27-28(14-23)44-34(48)43-27;/h3-4,7-8,11-12,14-16,18,20,22,26H,5-6,9-10,13,17,39-40H2,1-2H3,(H,41,42)(H2,43,44,48);1H/t20-,22-,26-;/m0./s1. The molecule has 6 rings (SSSR count). The minimum atomic E-state index is -4.61. The van der Waals surface area contributed by atoms with Gasteiger partial charge in [-0.1, -0.05) is 38.1 Å². The van der Waals surface area contributed by atoms with Crippen LogP contribution in [0.15, 0.2) is 59.4 Å². The lowest BCUT2D eigenvalue weighted by atomic mass is 9.81. The summed E-state index contributed by atoms with van der Waals surface area (Å²) in [5, 5.41) is 0. The molecule has 5 aromatic rings. The zero-order valence-corrected chi connectivity index (χ0v) is 27.9. The second kappa shape index (κ2) is 14.2. The topological polar surface area (TPSA) is 167 Å². The fourth-order valence-corrected chi connectivity index (χ4v) is 6.50. The molecule has 2 heterocycles. The number of amides is 2. The molecule has 0 spiro atoms. The van der Waals surface area contributed by atoms with Crippen LogP contribution < -0.4 is 22.1 Å². The first-order valence-electron chi connectivity index (χ1n) is 16.1. The van der Waals surface area contributed by atoms with Crippen LogP contribution in [0.5, 0.6) is 0 Å². The van der Waals surface area contributed by atoms with Crippen molar-refractivity contribution in [1.82, 2.24) is 19.9 Å². The quantitative estimate of drug-likeness (QED) is 0.130. The average Bonchev–Trinajstić information content (AvgIpc) is 3.66. The molecular weight excluding hydrogens is 659 g/mol. The van der Waals surface area contributed by atoms with Crippen molar-refractivity contribution < 1.29 is 22.8 Å². The summed E-state index contributed by atoms with van der Waals surface area (Å²) in [4.78, 5) is 53.6. The Hall–Kier alpha value is -4.46. The molecule has 1 saturated carbocycles. The molecule has 260 valence electrons. The number of benzene rings is 3. The third-order valence-corrected chi connectivity index (χ3v) is 9.26. The molecule has 14 heteroatoms. The number of imide groups is 1. The number of alkyl halides is 3. The lowest BCUT2D eigenvalue weighted by Gasteiger charge is -2.32. The van der Waals surface area contributed by atoms with Gasteiger partial charge in [-0.25, -0.2) is 14.7 Å². The second-order valence-electron chi connectivity index (χ2n) is 13.0. The smallest absolute Gasteiger partial charge is 0.342 e. The Labute approximate surface area is 286 Å². The van der Waals surface area contributed by atoms with Crippen molar-refractivity contribution >= 4 is 52.0 Å². The number of H-pyrrole nitrogens is 3. The van der Waals surface area contributed by atoms with Gasteiger partial charge in [-0.3, -0.25) is 9.59 Å². The van der Waals surface area contributed by atoms with Crippen molar-refractivity contribution in [2.45, 2.75) is 64.1 Å². The fourth-order valence-electron chi connectivity index (χ4n) is 6.50. The van der Waals surface area contributed by atoms with Crippen LogP contribution in [0.1, 0.15) is 62.4 Å². The minimum absolute atomic E-state index is 0. The van der Waals surface area contributed by atoms with Crippen LogP contribution in [0.4, 0.5) is 18.9 Å². The van der Waals surface area contributed by atoms with Gasteiger partial charge in [-0.2, -0.15) is 13.2 Å². The normalized spacial score (nSPS) is 17.3. The molecule has 7 N–H and O–H groups in total. The molecule has 49 heavy (non-hydrogen) atoms. The first kappa shape index (κ1) is 35.8. The lowest BCUT2D eigenvalue weighted by molar-refractivity contribution is -0.137. The van der Waals surface area contributed by atoms with E-state index in [2.05, 4.69) is 19.9 Å². The Morgan fingerprint density at radius 3 is 2.24 bits per heavy atom. The van der Waals surface area contributed by atoms with Gasteiger partial charge in [0.1, 0.15) is 5.82 Å². The summed E-state index contributed by atoms with van der Waals surface area (Å²) in [6.07, 6.45) is -1.83. The number of imidazole rings is 2.